The minimum absolute atomic E-state index is 0.237. The van der Waals surface area contributed by atoms with Crippen molar-refractivity contribution in [3.05, 3.63) is 84.1 Å². The van der Waals surface area contributed by atoms with Gasteiger partial charge in [-0.25, -0.2) is 13.1 Å². The number of fused-ring (bicyclic) bond motifs is 1. The summed E-state index contributed by atoms with van der Waals surface area (Å²) in [5.74, 6) is 0.977. The van der Waals surface area contributed by atoms with Crippen molar-refractivity contribution in [3.63, 3.8) is 0 Å². The lowest BCUT2D eigenvalue weighted by molar-refractivity contribution is 0.186. The van der Waals surface area contributed by atoms with E-state index in [-0.39, 0.29) is 6.54 Å². The fourth-order valence-electron chi connectivity index (χ4n) is 5.41. The Morgan fingerprint density at radius 2 is 1.62 bits per heavy atom. The number of aromatic nitrogens is 2. The number of likely N-dealkylation sites (N-methyl/N-ethyl adjacent to an activating group) is 1. The smallest absolute Gasteiger partial charge is 0.243 e. The Bertz CT molecular complexity index is 1530. The van der Waals surface area contributed by atoms with Crippen LogP contribution in [0.5, 0.6) is 0 Å². The van der Waals surface area contributed by atoms with Crippen LogP contribution < -0.4 is 4.90 Å². The van der Waals surface area contributed by atoms with Crippen LogP contribution in [0.1, 0.15) is 24.6 Å². The van der Waals surface area contributed by atoms with Crippen molar-refractivity contribution in [2.24, 2.45) is 0 Å². The lowest BCUT2D eigenvalue weighted by Crippen LogP contribution is -2.47. The summed E-state index contributed by atoms with van der Waals surface area (Å²) in [6.07, 6.45) is 0.597. The monoisotopic (exact) mass is 561 g/mol. The predicted molar refractivity (Wildman–Crippen MR) is 161 cm³/mol. The van der Waals surface area contributed by atoms with Gasteiger partial charge in [-0.1, -0.05) is 55.5 Å². The number of para-hydroxylation sites is 1. The van der Waals surface area contributed by atoms with E-state index < -0.39 is 10.0 Å². The fourth-order valence-corrected chi connectivity index (χ4v) is 6.89. The van der Waals surface area contributed by atoms with Gasteiger partial charge in [-0.05, 0) is 54.9 Å². The molecule has 2 heterocycles. The van der Waals surface area contributed by atoms with Gasteiger partial charge in [0.1, 0.15) is 5.82 Å². The number of sulfonamides is 1. The van der Waals surface area contributed by atoms with Gasteiger partial charge in [0.25, 0.3) is 0 Å². The summed E-state index contributed by atoms with van der Waals surface area (Å²) in [5, 5.41) is 6.88. The summed E-state index contributed by atoms with van der Waals surface area (Å²) in [5.41, 5.74) is 2.74. The Morgan fingerprint density at radius 1 is 0.925 bits per heavy atom. The van der Waals surface area contributed by atoms with Crippen LogP contribution in [0.25, 0.3) is 16.5 Å². The van der Waals surface area contributed by atoms with Gasteiger partial charge in [0, 0.05) is 58.5 Å². The molecule has 1 aliphatic heterocycles. The number of hydrogen-bond acceptors (Lipinski definition) is 6. The van der Waals surface area contributed by atoms with Crippen LogP contribution >= 0.6 is 0 Å². The maximum Gasteiger partial charge on any atom is 0.243 e. The number of methoxy groups -OCH3 is 1. The van der Waals surface area contributed by atoms with Crippen LogP contribution in [0, 0.1) is 6.92 Å². The molecular weight excluding hydrogens is 522 g/mol. The Balaban J connectivity index is 1.56. The van der Waals surface area contributed by atoms with Crippen molar-refractivity contribution in [1.82, 2.24) is 19.0 Å². The Morgan fingerprint density at radius 3 is 2.33 bits per heavy atom. The van der Waals surface area contributed by atoms with Gasteiger partial charge in [0.2, 0.25) is 10.0 Å². The number of hydrogen-bond donors (Lipinski definition) is 0. The zero-order valence-corrected chi connectivity index (χ0v) is 24.5. The summed E-state index contributed by atoms with van der Waals surface area (Å²) in [7, 11) is -2.15. The topological polar surface area (TPSA) is 70.9 Å². The number of ether oxygens (including phenoxy) is 1. The zero-order valence-electron chi connectivity index (χ0n) is 23.7. The first-order chi connectivity index (χ1) is 19.4. The molecule has 0 unspecified atom stereocenters. The molecular formula is C31H39N5O3S. The van der Waals surface area contributed by atoms with Gasteiger partial charge in [-0.3, -0.25) is 0 Å². The molecule has 212 valence electrons. The number of rotatable bonds is 11. The van der Waals surface area contributed by atoms with Crippen molar-refractivity contribution in [2.45, 2.75) is 31.7 Å². The minimum Gasteiger partial charge on any atom is -0.385 e. The van der Waals surface area contributed by atoms with Crippen molar-refractivity contribution in [2.75, 3.05) is 57.9 Å². The first-order valence-electron chi connectivity index (χ1n) is 14.0. The molecule has 0 radical (unpaired) electrons. The van der Waals surface area contributed by atoms with Crippen LogP contribution in [-0.2, 0) is 21.3 Å². The van der Waals surface area contributed by atoms with Gasteiger partial charge < -0.3 is 14.5 Å². The second-order valence-corrected chi connectivity index (χ2v) is 12.2. The average Bonchev–Trinajstić information content (AvgIpc) is 3.32. The number of benzene rings is 3. The third-order valence-corrected chi connectivity index (χ3v) is 9.57. The van der Waals surface area contributed by atoms with E-state index in [9.17, 15) is 8.42 Å². The molecule has 0 N–H and O–H groups in total. The third-order valence-electron chi connectivity index (χ3n) is 7.73. The third kappa shape index (κ3) is 5.93. The molecule has 0 bridgehead atoms. The minimum atomic E-state index is -3.79. The van der Waals surface area contributed by atoms with Crippen LogP contribution in [0.15, 0.2) is 77.7 Å². The number of anilines is 1. The van der Waals surface area contributed by atoms with E-state index in [1.807, 2.05) is 72.3 Å². The standard InChI is InChI=1S/C31H39N5O3S/c1-4-33-18-20-34(21-19-33)31-30(25(2)32-36(31)28-13-6-5-7-14-28)24-35(17-10-22-39-3)40(37,38)29-16-15-26-11-8-9-12-27(26)23-29/h5-9,11-16,23H,4,10,17-22,24H2,1-3H3. The van der Waals surface area contributed by atoms with E-state index in [0.29, 0.717) is 24.5 Å². The number of nitrogens with zero attached hydrogens (tertiary/aromatic N) is 5. The molecule has 0 amide bonds. The molecule has 0 spiro atoms. The van der Waals surface area contributed by atoms with Crippen molar-refractivity contribution >= 4 is 26.6 Å². The molecule has 0 saturated carbocycles. The number of aryl methyl sites for hydroxylation is 1. The molecule has 0 aliphatic carbocycles. The molecule has 3 aromatic carbocycles. The maximum atomic E-state index is 14.2. The van der Waals surface area contributed by atoms with Crippen molar-refractivity contribution in [3.8, 4) is 5.69 Å². The molecule has 0 atom stereocenters. The lowest BCUT2D eigenvalue weighted by Gasteiger charge is -2.36. The van der Waals surface area contributed by atoms with E-state index in [4.69, 9.17) is 9.84 Å². The Hall–Kier alpha value is -3.24. The van der Waals surface area contributed by atoms with E-state index in [2.05, 4.69) is 16.7 Å². The summed E-state index contributed by atoms with van der Waals surface area (Å²) >= 11 is 0. The van der Waals surface area contributed by atoms with Gasteiger partial charge in [0.05, 0.1) is 16.3 Å². The maximum absolute atomic E-state index is 14.2. The van der Waals surface area contributed by atoms with Gasteiger partial charge in [-0.2, -0.15) is 9.40 Å². The quantitative estimate of drug-likeness (QED) is 0.247. The van der Waals surface area contributed by atoms with Crippen LogP contribution in [0.2, 0.25) is 0 Å². The van der Waals surface area contributed by atoms with Gasteiger partial charge in [0.15, 0.2) is 0 Å². The molecule has 5 rings (SSSR count). The zero-order chi connectivity index (χ0) is 28.1. The highest BCUT2D eigenvalue weighted by atomic mass is 32.2. The second kappa shape index (κ2) is 12.5. The molecule has 40 heavy (non-hydrogen) atoms. The highest BCUT2D eigenvalue weighted by Gasteiger charge is 2.31. The SMILES string of the molecule is CCN1CCN(c2c(CN(CCCOC)S(=O)(=O)c3ccc4ccccc4c3)c(C)nn2-c2ccccc2)CC1. The molecule has 9 heteroatoms. The largest absolute Gasteiger partial charge is 0.385 e. The van der Waals surface area contributed by atoms with E-state index >= 15 is 0 Å². The Kier molecular flexibility index (Phi) is 8.85. The average molecular weight is 562 g/mol. The fraction of sp³-hybridized carbons (Fsp3) is 0.387. The van der Waals surface area contributed by atoms with Crippen LogP contribution in [-0.4, -0.2) is 80.4 Å². The van der Waals surface area contributed by atoms with Crippen LogP contribution in [0.4, 0.5) is 5.82 Å². The van der Waals surface area contributed by atoms with Gasteiger partial charge >= 0.3 is 0 Å². The summed E-state index contributed by atoms with van der Waals surface area (Å²) in [6, 6.07) is 23.3. The normalized spacial score (nSPS) is 14.8. The molecule has 1 aromatic heterocycles. The lowest BCUT2D eigenvalue weighted by atomic mass is 10.1. The van der Waals surface area contributed by atoms with Crippen molar-refractivity contribution in [1.29, 1.82) is 0 Å². The molecule has 1 saturated heterocycles. The van der Waals surface area contributed by atoms with E-state index in [1.54, 1.807) is 23.5 Å². The first kappa shape index (κ1) is 28.3. The summed E-state index contributed by atoms with van der Waals surface area (Å²) in [6.45, 7) is 9.91. The van der Waals surface area contributed by atoms with Crippen molar-refractivity contribution < 1.29 is 13.2 Å². The molecule has 1 aliphatic rings. The highest BCUT2D eigenvalue weighted by molar-refractivity contribution is 7.89. The van der Waals surface area contributed by atoms with E-state index in [0.717, 1.165) is 66.3 Å². The Labute approximate surface area is 237 Å². The predicted octanol–water partition coefficient (Wildman–Crippen LogP) is 4.70. The van der Waals surface area contributed by atoms with Gasteiger partial charge in [-0.15, -0.1) is 0 Å². The summed E-state index contributed by atoms with van der Waals surface area (Å²) in [4.78, 5) is 5.10. The second-order valence-electron chi connectivity index (χ2n) is 10.3. The highest BCUT2D eigenvalue weighted by Crippen LogP contribution is 2.32. The summed E-state index contributed by atoms with van der Waals surface area (Å²) < 4.78 is 37.2. The molecule has 4 aromatic rings. The first-order valence-corrected chi connectivity index (χ1v) is 15.5. The molecule has 8 nitrogen and oxygen atoms in total. The molecule has 1 fully saturated rings. The van der Waals surface area contributed by atoms with Crippen LogP contribution in [0.3, 0.4) is 0 Å². The van der Waals surface area contributed by atoms with E-state index in [1.165, 1.54) is 0 Å². The number of piperazine rings is 1.